The minimum atomic E-state index is -4.52. The standard InChI is InChI=1S/C14H13ClF3N3OS/c1-13(7-19,8-2-3-8)21-11(22)6-23-12-10(15)4-9(5-20-12)14(16,17)18/h4-5,8H,2-3,6H2,1H3,(H,21,22)/t13-/m0/s1. The van der Waals surface area contributed by atoms with Crippen molar-refractivity contribution in [2.75, 3.05) is 5.75 Å². The summed E-state index contributed by atoms with van der Waals surface area (Å²) in [6.45, 7) is 1.66. The predicted molar refractivity (Wildman–Crippen MR) is 79.9 cm³/mol. The lowest BCUT2D eigenvalue weighted by atomic mass is 9.98. The summed E-state index contributed by atoms with van der Waals surface area (Å²) in [6.07, 6.45) is -2.06. The highest BCUT2D eigenvalue weighted by molar-refractivity contribution is 8.00. The summed E-state index contributed by atoms with van der Waals surface area (Å²) >= 11 is 6.70. The number of pyridine rings is 1. The predicted octanol–water partition coefficient (Wildman–Crippen LogP) is 3.65. The summed E-state index contributed by atoms with van der Waals surface area (Å²) in [5.74, 6) is -0.319. The Morgan fingerprint density at radius 1 is 1.57 bits per heavy atom. The zero-order valence-electron chi connectivity index (χ0n) is 12.1. The van der Waals surface area contributed by atoms with Gasteiger partial charge in [-0.3, -0.25) is 4.79 Å². The van der Waals surface area contributed by atoms with Crippen molar-refractivity contribution in [1.82, 2.24) is 10.3 Å². The van der Waals surface area contributed by atoms with Crippen molar-refractivity contribution in [2.24, 2.45) is 5.92 Å². The van der Waals surface area contributed by atoms with Crippen molar-refractivity contribution in [3.05, 3.63) is 22.8 Å². The van der Waals surface area contributed by atoms with E-state index in [1.54, 1.807) is 6.92 Å². The van der Waals surface area contributed by atoms with Gasteiger partial charge >= 0.3 is 6.18 Å². The van der Waals surface area contributed by atoms with Crippen LogP contribution in [0.4, 0.5) is 13.2 Å². The van der Waals surface area contributed by atoms with Crippen LogP contribution in [-0.2, 0) is 11.0 Å². The Morgan fingerprint density at radius 2 is 2.22 bits per heavy atom. The minimum absolute atomic E-state index is 0.0813. The van der Waals surface area contributed by atoms with Gasteiger partial charge in [-0.25, -0.2) is 4.98 Å². The summed E-state index contributed by atoms with van der Waals surface area (Å²) in [4.78, 5) is 15.6. The molecule has 1 heterocycles. The van der Waals surface area contributed by atoms with Crippen molar-refractivity contribution in [1.29, 1.82) is 5.26 Å². The van der Waals surface area contributed by atoms with E-state index in [1.165, 1.54) is 0 Å². The van der Waals surface area contributed by atoms with Crippen LogP contribution in [0, 0.1) is 17.2 Å². The van der Waals surface area contributed by atoms with Gasteiger partial charge in [-0.05, 0) is 31.7 Å². The number of amides is 1. The topological polar surface area (TPSA) is 65.8 Å². The van der Waals surface area contributed by atoms with Crippen LogP contribution in [-0.4, -0.2) is 22.2 Å². The fourth-order valence-corrected chi connectivity index (χ4v) is 3.02. The normalized spacial score (nSPS) is 17.2. The highest BCUT2D eigenvalue weighted by Gasteiger charge is 2.43. The van der Waals surface area contributed by atoms with Crippen LogP contribution in [0.3, 0.4) is 0 Å². The van der Waals surface area contributed by atoms with Crippen molar-refractivity contribution in [3.8, 4) is 6.07 Å². The highest BCUT2D eigenvalue weighted by Crippen LogP contribution is 2.39. The van der Waals surface area contributed by atoms with Crippen LogP contribution in [0.5, 0.6) is 0 Å². The van der Waals surface area contributed by atoms with Crippen LogP contribution in [0.1, 0.15) is 25.3 Å². The summed E-state index contributed by atoms with van der Waals surface area (Å²) < 4.78 is 37.6. The van der Waals surface area contributed by atoms with Gasteiger partial charge in [-0.1, -0.05) is 23.4 Å². The molecular weight excluding hydrogens is 351 g/mol. The van der Waals surface area contributed by atoms with Crippen molar-refractivity contribution in [2.45, 2.75) is 36.5 Å². The quantitative estimate of drug-likeness (QED) is 0.811. The number of carbonyl (C=O) groups is 1. The van der Waals surface area contributed by atoms with E-state index in [0.717, 1.165) is 30.7 Å². The number of hydrogen-bond donors (Lipinski definition) is 1. The van der Waals surface area contributed by atoms with Crippen molar-refractivity contribution >= 4 is 29.3 Å². The average Bonchev–Trinajstić information content (AvgIpc) is 3.29. The first-order chi connectivity index (χ1) is 10.7. The van der Waals surface area contributed by atoms with Crippen molar-refractivity contribution in [3.63, 3.8) is 0 Å². The number of carbonyl (C=O) groups excluding carboxylic acids is 1. The zero-order valence-corrected chi connectivity index (χ0v) is 13.6. The van der Waals surface area contributed by atoms with Crippen LogP contribution in [0.25, 0.3) is 0 Å². The molecule has 1 amide bonds. The number of nitrogens with one attached hydrogen (secondary N) is 1. The van der Waals surface area contributed by atoms with E-state index >= 15 is 0 Å². The Labute approximate surface area is 140 Å². The van der Waals surface area contributed by atoms with Gasteiger partial charge in [0.15, 0.2) is 0 Å². The van der Waals surface area contributed by atoms with E-state index in [1.807, 2.05) is 0 Å². The lowest BCUT2D eigenvalue weighted by Crippen LogP contribution is -2.47. The maximum absolute atomic E-state index is 12.5. The van der Waals surface area contributed by atoms with Gasteiger partial charge in [-0.15, -0.1) is 0 Å². The monoisotopic (exact) mass is 363 g/mol. The molecule has 2 rings (SSSR count). The van der Waals surface area contributed by atoms with E-state index in [4.69, 9.17) is 16.9 Å². The molecule has 1 N–H and O–H groups in total. The molecule has 0 bridgehead atoms. The lowest BCUT2D eigenvalue weighted by molar-refractivity contribution is -0.137. The number of halogens is 4. The molecule has 0 unspecified atom stereocenters. The van der Waals surface area contributed by atoms with Gasteiger partial charge in [0.25, 0.3) is 0 Å². The SMILES string of the molecule is C[C@@](C#N)(NC(=O)CSc1ncc(C(F)(F)F)cc1Cl)C1CC1. The van der Waals surface area contributed by atoms with Crippen LogP contribution in [0.2, 0.25) is 5.02 Å². The summed E-state index contributed by atoms with van der Waals surface area (Å²) in [5.41, 5.74) is -1.85. The molecule has 1 fully saturated rings. The van der Waals surface area contributed by atoms with Gasteiger partial charge in [0.2, 0.25) is 5.91 Å². The largest absolute Gasteiger partial charge is 0.417 e. The Balaban J connectivity index is 1.96. The third-order valence-electron chi connectivity index (χ3n) is 3.50. The Kier molecular flexibility index (Phi) is 5.11. The Morgan fingerprint density at radius 3 is 2.70 bits per heavy atom. The number of nitrogens with zero attached hydrogens (tertiary/aromatic N) is 2. The fourth-order valence-electron chi connectivity index (χ4n) is 2.03. The first-order valence-electron chi connectivity index (χ1n) is 6.73. The minimum Gasteiger partial charge on any atom is -0.337 e. The molecule has 1 saturated carbocycles. The van der Waals surface area contributed by atoms with Gasteiger partial charge in [0.05, 0.1) is 22.4 Å². The van der Waals surface area contributed by atoms with Gasteiger partial charge in [-0.2, -0.15) is 18.4 Å². The molecule has 0 spiro atoms. The molecular formula is C14H13ClF3N3OS. The number of thioether (sulfide) groups is 1. The van der Waals surface area contributed by atoms with Crippen molar-refractivity contribution < 1.29 is 18.0 Å². The average molecular weight is 364 g/mol. The molecule has 1 aliphatic carbocycles. The maximum Gasteiger partial charge on any atom is 0.417 e. The van der Waals surface area contributed by atoms with E-state index in [2.05, 4.69) is 16.4 Å². The summed E-state index contributed by atoms with van der Waals surface area (Å²) in [5, 5.41) is 11.8. The third kappa shape index (κ3) is 4.52. The van der Waals surface area contributed by atoms with Crippen LogP contribution >= 0.6 is 23.4 Å². The van der Waals surface area contributed by atoms with Crippen LogP contribution in [0.15, 0.2) is 17.3 Å². The fraction of sp³-hybridized carbons (Fsp3) is 0.500. The molecule has 0 saturated heterocycles. The molecule has 23 heavy (non-hydrogen) atoms. The molecule has 9 heteroatoms. The van der Waals surface area contributed by atoms with Gasteiger partial charge in [0.1, 0.15) is 10.6 Å². The maximum atomic E-state index is 12.5. The molecule has 0 aliphatic heterocycles. The highest BCUT2D eigenvalue weighted by atomic mass is 35.5. The number of alkyl halides is 3. The Hall–Kier alpha value is -1.46. The second-order valence-corrected chi connectivity index (χ2v) is 6.81. The van der Waals surface area contributed by atoms with E-state index < -0.39 is 17.3 Å². The second kappa shape index (κ2) is 6.57. The Bertz CT molecular complexity index is 658. The smallest absolute Gasteiger partial charge is 0.337 e. The van der Waals surface area contributed by atoms with E-state index in [9.17, 15) is 18.0 Å². The van der Waals surface area contributed by atoms with Gasteiger partial charge in [0, 0.05) is 6.20 Å². The number of aromatic nitrogens is 1. The molecule has 1 aromatic heterocycles. The third-order valence-corrected chi connectivity index (χ3v) is 4.91. The van der Waals surface area contributed by atoms with E-state index in [-0.39, 0.29) is 27.6 Å². The number of nitriles is 1. The molecule has 0 aromatic carbocycles. The van der Waals surface area contributed by atoms with Crippen LogP contribution < -0.4 is 5.32 Å². The molecule has 0 radical (unpaired) electrons. The molecule has 1 aromatic rings. The van der Waals surface area contributed by atoms with Gasteiger partial charge < -0.3 is 5.32 Å². The zero-order chi connectivity index (χ0) is 17.3. The molecule has 1 atom stereocenters. The first-order valence-corrected chi connectivity index (χ1v) is 8.10. The second-order valence-electron chi connectivity index (χ2n) is 5.43. The number of hydrogen-bond acceptors (Lipinski definition) is 4. The molecule has 124 valence electrons. The number of rotatable bonds is 5. The summed E-state index contributed by atoms with van der Waals surface area (Å²) in [7, 11) is 0. The molecule has 4 nitrogen and oxygen atoms in total. The van der Waals surface area contributed by atoms with E-state index in [0.29, 0.717) is 6.20 Å². The lowest BCUT2D eigenvalue weighted by Gasteiger charge is -2.22. The molecule has 1 aliphatic rings. The first kappa shape index (κ1) is 17.9. The summed E-state index contributed by atoms with van der Waals surface area (Å²) in [6, 6.07) is 2.87.